The van der Waals surface area contributed by atoms with Gasteiger partial charge in [0, 0.05) is 6.20 Å². The Morgan fingerprint density at radius 3 is 2.56 bits per heavy atom. The second kappa shape index (κ2) is 5.18. The first-order valence-corrected chi connectivity index (χ1v) is 4.55. The number of pyridine rings is 1. The Labute approximate surface area is 106 Å². The third-order valence-corrected chi connectivity index (χ3v) is 2.04. The van der Waals surface area contributed by atoms with Crippen molar-refractivity contribution < 1.29 is 18.0 Å². The van der Waals surface area contributed by atoms with Gasteiger partial charge in [-0.05, 0) is 18.2 Å². The van der Waals surface area contributed by atoms with Crippen LogP contribution in [-0.4, -0.2) is 21.1 Å². The SMILES string of the molecule is Cl.O=Cc1cc(C(F)(F)F)nn1-c1cccnc1. The molecule has 0 atom stereocenters. The molecule has 0 bridgehead atoms. The summed E-state index contributed by atoms with van der Waals surface area (Å²) >= 11 is 0. The Kier molecular flexibility index (Phi) is 4.07. The van der Waals surface area contributed by atoms with Gasteiger partial charge in [-0.1, -0.05) is 0 Å². The molecule has 2 aromatic rings. The number of alkyl halides is 3. The number of hydrogen-bond donors (Lipinski definition) is 0. The van der Waals surface area contributed by atoms with E-state index in [4.69, 9.17) is 0 Å². The predicted molar refractivity (Wildman–Crippen MR) is 59.0 cm³/mol. The minimum Gasteiger partial charge on any atom is -0.296 e. The molecule has 96 valence electrons. The molecule has 2 aromatic heterocycles. The highest BCUT2D eigenvalue weighted by molar-refractivity contribution is 5.85. The Balaban J connectivity index is 0.00000162. The zero-order chi connectivity index (χ0) is 12.5. The standard InChI is InChI=1S/C10H6F3N3O.ClH/c11-10(12,13)9-4-8(6-17)16(15-9)7-2-1-3-14-5-7;/h1-6H;1H. The second-order valence-electron chi connectivity index (χ2n) is 3.19. The lowest BCUT2D eigenvalue weighted by molar-refractivity contribution is -0.141. The Hall–Kier alpha value is -1.89. The minimum atomic E-state index is -4.58. The molecule has 0 aromatic carbocycles. The number of rotatable bonds is 2. The highest BCUT2D eigenvalue weighted by Crippen LogP contribution is 2.28. The van der Waals surface area contributed by atoms with Gasteiger partial charge in [-0.2, -0.15) is 18.3 Å². The average molecular weight is 278 g/mol. The van der Waals surface area contributed by atoms with Gasteiger partial charge in [0.15, 0.2) is 12.0 Å². The maximum atomic E-state index is 12.4. The summed E-state index contributed by atoms with van der Waals surface area (Å²) in [6, 6.07) is 3.74. The van der Waals surface area contributed by atoms with E-state index in [0.29, 0.717) is 18.0 Å². The lowest BCUT2D eigenvalue weighted by Gasteiger charge is -2.02. The summed E-state index contributed by atoms with van der Waals surface area (Å²) in [5, 5.41) is 3.34. The van der Waals surface area contributed by atoms with Crippen LogP contribution in [0, 0.1) is 0 Å². The molecule has 8 heteroatoms. The van der Waals surface area contributed by atoms with Crippen molar-refractivity contribution in [1.29, 1.82) is 0 Å². The monoisotopic (exact) mass is 277 g/mol. The molecule has 2 rings (SSSR count). The molecule has 0 amide bonds. The van der Waals surface area contributed by atoms with Gasteiger partial charge in [0.25, 0.3) is 0 Å². The van der Waals surface area contributed by atoms with Crippen LogP contribution >= 0.6 is 12.4 Å². The fourth-order valence-electron chi connectivity index (χ4n) is 1.30. The van der Waals surface area contributed by atoms with Crippen LogP contribution in [0.1, 0.15) is 16.2 Å². The van der Waals surface area contributed by atoms with Gasteiger partial charge in [0.2, 0.25) is 0 Å². The highest BCUT2D eigenvalue weighted by atomic mass is 35.5. The Morgan fingerprint density at radius 1 is 1.33 bits per heavy atom. The van der Waals surface area contributed by atoms with Gasteiger partial charge in [0.05, 0.1) is 11.9 Å². The highest BCUT2D eigenvalue weighted by Gasteiger charge is 2.35. The number of carbonyl (C=O) groups is 1. The first-order valence-electron chi connectivity index (χ1n) is 4.55. The van der Waals surface area contributed by atoms with E-state index in [1.54, 1.807) is 6.07 Å². The molecule has 4 nitrogen and oxygen atoms in total. The summed E-state index contributed by atoms with van der Waals surface area (Å²) in [6.45, 7) is 0. The fourth-order valence-corrected chi connectivity index (χ4v) is 1.30. The molecule has 2 heterocycles. The molecular weight excluding hydrogens is 271 g/mol. The zero-order valence-corrected chi connectivity index (χ0v) is 9.57. The van der Waals surface area contributed by atoms with Crippen LogP contribution in [0.3, 0.4) is 0 Å². The van der Waals surface area contributed by atoms with E-state index in [9.17, 15) is 18.0 Å². The van der Waals surface area contributed by atoms with Crippen molar-refractivity contribution in [2.24, 2.45) is 0 Å². The first kappa shape index (κ1) is 14.2. The quantitative estimate of drug-likeness (QED) is 0.793. The molecule has 0 saturated carbocycles. The van der Waals surface area contributed by atoms with Crippen molar-refractivity contribution in [3.05, 3.63) is 42.0 Å². The maximum absolute atomic E-state index is 12.4. The van der Waals surface area contributed by atoms with E-state index in [-0.39, 0.29) is 18.1 Å². The van der Waals surface area contributed by atoms with Crippen LogP contribution in [0.4, 0.5) is 13.2 Å². The third-order valence-electron chi connectivity index (χ3n) is 2.04. The lowest BCUT2D eigenvalue weighted by atomic mass is 10.3. The summed E-state index contributed by atoms with van der Waals surface area (Å²) in [5.41, 5.74) is -0.987. The molecular formula is C10H7ClF3N3O. The van der Waals surface area contributed by atoms with Crippen LogP contribution in [0.2, 0.25) is 0 Å². The van der Waals surface area contributed by atoms with Crippen molar-refractivity contribution in [2.45, 2.75) is 6.18 Å². The van der Waals surface area contributed by atoms with Crippen molar-refractivity contribution in [2.75, 3.05) is 0 Å². The van der Waals surface area contributed by atoms with E-state index in [2.05, 4.69) is 10.1 Å². The Bertz CT molecular complexity index is 539. The van der Waals surface area contributed by atoms with E-state index in [1.807, 2.05) is 0 Å². The molecule has 0 aliphatic carbocycles. The van der Waals surface area contributed by atoms with E-state index >= 15 is 0 Å². The van der Waals surface area contributed by atoms with E-state index in [1.165, 1.54) is 18.5 Å². The fraction of sp³-hybridized carbons (Fsp3) is 0.100. The van der Waals surface area contributed by atoms with E-state index < -0.39 is 11.9 Å². The number of halogens is 4. The third kappa shape index (κ3) is 2.67. The molecule has 0 aliphatic heterocycles. The molecule has 0 fully saturated rings. The molecule has 0 spiro atoms. The molecule has 18 heavy (non-hydrogen) atoms. The summed E-state index contributed by atoms with van der Waals surface area (Å²) in [4.78, 5) is 14.4. The predicted octanol–water partition coefficient (Wildman–Crippen LogP) is 2.52. The van der Waals surface area contributed by atoms with Crippen molar-refractivity contribution >= 4 is 18.7 Å². The molecule has 0 radical (unpaired) electrons. The van der Waals surface area contributed by atoms with Gasteiger partial charge in [-0.25, -0.2) is 4.68 Å². The number of aromatic nitrogens is 3. The van der Waals surface area contributed by atoms with Crippen molar-refractivity contribution in [1.82, 2.24) is 14.8 Å². The summed E-state index contributed by atoms with van der Waals surface area (Å²) in [6.07, 6.45) is -1.47. The van der Waals surface area contributed by atoms with Crippen molar-refractivity contribution in [3.8, 4) is 5.69 Å². The molecule has 0 saturated heterocycles. The lowest BCUT2D eigenvalue weighted by Crippen LogP contribution is -2.07. The first-order chi connectivity index (χ1) is 8.02. The van der Waals surface area contributed by atoms with Crippen LogP contribution < -0.4 is 0 Å². The van der Waals surface area contributed by atoms with Gasteiger partial charge >= 0.3 is 6.18 Å². The summed E-state index contributed by atoms with van der Waals surface area (Å²) in [5.74, 6) is 0. The molecule has 0 N–H and O–H groups in total. The summed E-state index contributed by atoms with van der Waals surface area (Å²) in [7, 11) is 0. The largest absolute Gasteiger partial charge is 0.435 e. The maximum Gasteiger partial charge on any atom is 0.435 e. The molecule has 0 unspecified atom stereocenters. The average Bonchev–Trinajstić information content (AvgIpc) is 2.73. The van der Waals surface area contributed by atoms with Crippen molar-refractivity contribution in [3.63, 3.8) is 0 Å². The van der Waals surface area contributed by atoms with Crippen LogP contribution in [0.5, 0.6) is 0 Å². The topological polar surface area (TPSA) is 47.8 Å². The number of carbonyl (C=O) groups excluding carboxylic acids is 1. The number of aldehydes is 1. The number of nitrogens with zero attached hydrogens (tertiary/aromatic N) is 3. The summed E-state index contributed by atoms with van der Waals surface area (Å²) < 4.78 is 38.2. The van der Waals surface area contributed by atoms with E-state index in [0.717, 1.165) is 4.68 Å². The van der Waals surface area contributed by atoms with Gasteiger partial charge in [-0.15, -0.1) is 12.4 Å². The smallest absolute Gasteiger partial charge is 0.296 e. The van der Waals surface area contributed by atoms with Crippen LogP contribution in [0.25, 0.3) is 5.69 Å². The van der Waals surface area contributed by atoms with Crippen LogP contribution in [-0.2, 0) is 6.18 Å². The van der Waals surface area contributed by atoms with Gasteiger partial charge in [-0.3, -0.25) is 9.78 Å². The normalized spacial score (nSPS) is 10.8. The Morgan fingerprint density at radius 2 is 2.06 bits per heavy atom. The molecule has 0 aliphatic rings. The minimum absolute atomic E-state index is 0. The second-order valence-corrected chi connectivity index (χ2v) is 3.19. The zero-order valence-electron chi connectivity index (χ0n) is 8.76. The van der Waals surface area contributed by atoms with Crippen LogP contribution in [0.15, 0.2) is 30.6 Å². The number of hydrogen-bond acceptors (Lipinski definition) is 3. The van der Waals surface area contributed by atoms with Gasteiger partial charge < -0.3 is 0 Å². The van der Waals surface area contributed by atoms with Gasteiger partial charge in [0.1, 0.15) is 5.69 Å².